The molecule has 1 amide bonds. The highest BCUT2D eigenvalue weighted by molar-refractivity contribution is 5.85. The summed E-state index contributed by atoms with van der Waals surface area (Å²) in [5.41, 5.74) is 7.66. The monoisotopic (exact) mass is 465 g/mol. The Morgan fingerprint density at radius 1 is 0.914 bits per heavy atom. The van der Waals surface area contributed by atoms with Gasteiger partial charge in [0.2, 0.25) is 5.91 Å². The molecule has 1 saturated heterocycles. The van der Waals surface area contributed by atoms with Crippen LogP contribution in [-0.4, -0.2) is 41.1 Å². The SMILES string of the molecule is Cc1cccc(N2CCN(C(=O)CCc3cn(Cc4ccccc4C)c4ccccc34)C[C@H]2C)c1. The third-order valence-corrected chi connectivity index (χ3v) is 7.39. The first-order valence-corrected chi connectivity index (χ1v) is 12.7. The van der Waals surface area contributed by atoms with Crippen molar-refractivity contribution in [1.82, 2.24) is 9.47 Å². The molecule has 3 aromatic carbocycles. The number of nitrogens with zero attached hydrogens (tertiary/aromatic N) is 3. The van der Waals surface area contributed by atoms with E-state index in [0.717, 1.165) is 32.6 Å². The molecule has 2 heterocycles. The molecular formula is C31H35N3O. The second-order valence-electron chi connectivity index (χ2n) is 9.95. The largest absolute Gasteiger partial charge is 0.365 e. The summed E-state index contributed by atoms with van der Waals surface area (Å²) < 4.78 is 2.33. The summed E-state index contributed by atoms with van der Waals surface area (Å²) in [5.74, 6) is 0.261. The molecular weight excluding hydrogens is 430 g/mol. The molecule has 0 radical (unpaired) electrons. The number of fused-ring (bicyclic) bond motifs is 1. The fourth-order valence-corrected chi connectivity index (χ4v) is 5.40. The number of rotatable bonds is 6. The normalized spacial score (nSPS) is 16.1. The lowest BCUT2D eigenvalue weighted by molar-refractivity contribution is -0.131. The molecule has 4 nitrogen and oxygen atoms in total. The standard InChI is InChI=1S/C31H35N3O/c1-23-9-8-12-28(19-23)34-18-17-32(20-25(34)3)31(35)16-15-27-22-33(30-14-7-6-13-29(27)30)21-26-11-5-4-10-24(26)2/h4-14,19,22,25H,15-18,20-21H2,1-3H3/t25-/m1/s1. The van der Waals surface area contributed by atoms with Gasteiger partial charge in [0, 0.05) is 61.4 Å². The Morgan fingerprint density at radius 3 is 2.51 bits per heavy atom. The number of aromatic nitrogens is 1. The topological polar surface area (TPSA) is 28.5 Å². The minimum Gasteiger partial charge on any atom is -0.365 e. The van der Waals surface area contributed by atoms with E-state index in [9.17, 15) is 4.79 Å². The second-order valence-corrected chi connectivity index (χ2v) is 9.95. The maximum absolute atomic E-state index is 13.2. The van der Waals surface area contributed by atoms with Crippen LogP contribution in [0.25, 0.3) is 10.9 Å². The molecule has 0 saturated carbocycles. The van der Waals surface area contributed by atoms with E-state index in [0.29, 0.717) is 12.5 Å². The van der Waals surface area contributed by atoms with Crippen molar-refractivity contribution in [1.29, 1.82) is 0 Å². The molecule has 1 fully saturated rings. The number of para-hydroxylation sites is 1. The van der Waals surface area contributed by atoms with Crippen molar-refractivity contribution in [2.75, 3.05) is 24.5 Å². The number of carbonyl (C=O) groups excluding carboxylic acids is 1. The molecule has 1 aliphatic heterocycles. The van der Waals surface area contributed by atoms with Crippen molar-refractivity contribution in [3.05, 3.63) is 101 Å². The van der Waals surface area contributed by atoms with Gasteiger partial charge in [-0.05, 0) is 67.6 Å². The van der Waals surface area contributed by atoms with Crippen LogP contribution < -0.4 is 4.90 Å². The van der Waals surface area contributed by atoms with Crippen molar-refractivity contribution in [3.8, 4) is 0 Å². The van der Waals surface area contributed by atoms with Crippen molar-refractivity contribution in [3.63, 3.8) is 0 Å². The number of benzene rings is 3. The van der Waals surface area contributed by atoms with Crippen LogP contribution in [0.3, 0.4) is 0 Å². The summed E-state index contributed by atoms with van der Waals surface area (Å²) in [4.78, 5) is 17.7. The van der Waals surface area contributed by atoms with E-state index in [1.807, 2.05) is 0 Å². The molecule has 4 heteroatoms. The van der Waals surface area contributed by atoms with Gasteiger partial charge < -0.3 is 14.4 Å². The summed E-state index contributed by atoms with van der Waals surface area (Å²) in [5, 5.41) is 1.26. The van der Waals surface area contributed by atoms with Gasteiger partial charge in [0.05, 0.1) is 0 Å². The highest BCUT2D eigenvalue weighted by Crippen LogP contribution is 2.26. The lowest BCUT2D eigenvalue weighted by Crippen LogP contribution is -2.53. The van der Waals surface area contributed by atoms with Gasteiger partial charge in [-0.25, -0.2) is 0 Å². The number of hydrogen-bond acceptors (Lipinski definition) is 2. The molecule has 1 aliphatic rings. The third-order valence-electron chi connectivity index (χ3n) is 7.39. The Bertz CT molecular complexity index is 1340. The minimum atomic E-state index is 0.261. The highest BCUT2D eigenvalue weighted by Gasteiger charge is 2.27. The predicted octanol–water partition coefficient (Wildman–Crippen LogP) is 5.98. The van der Waals surface area contributed by atoms with Crippen LogP contribution >= 0.6 is 0 Å². The lowest BCUT2D eigenvalue weighted by atomic mass is 10.1. The van der Waals surface area contributed by atoms with Gasteiger partial charge in [0.1, 0.15) is 0 Å². The number of carbonyl (C=O) groups is 1. The average Bonchev–Trinajstić information content (AvgIpc) is 3.21. The fourth-order valence-electron chi connectivity index (χ4n) is 5.40. The molecule has 0 bridgehead atoms. The van der Waals surface area contributed by atoms with Crippen LogP contribution in [0.15, 0.2) is 79.0 Å². The smallest absolute Gasteiger partial charge is 0.223 e. The third kappa shape index (κ3) is 4.97. The van der Waals surface area contributed by atoms with Crippen molar-refractivity contribution < 1.29 is 4.79 Å². The lowest BCUT2D eigenvalue weighted by Gasteiger charge is -2.41. The summed E-state index contributed by atoms with van der Waals surface area (Å²) in [6, 6.07) is 26.1. The van der Waals surface area contributed by atoms with Crippen LogP contribution in [0, 0.1) is 13.8 Å². The number of anilines is 1. The molecule has 0 spiro atoms. The predicted molar refractivity (Wildman–Crippen MR) is 145 cm³/mol. The zero-order valence-electron chi connectivity index (χ0n) is 21.1. The van der Waals surface area contributed by atoms with E-state index in [1.54, 1.807) is 0 Å². The molecule has 4 aromatic rings. The Hall–Kier alpha value is -3.53. The van der Waals surface area contributed by atoms with E-state index in [1.165, 1.54) is 38.8 Å². The summed E-state index contributed by atoms with van der Waals surface area (Å²) >= 11 is 0. The summed E-state index contributed by atoms with van der Waals surface area (Å²) in [6.45, 7) is 9.81. The zero-order valence-corrected chi connectivity index (χ0v) is 21.1. The number of amides is 1. The van der Waals surface area contributed by atoms with Crippen LogP contribution in [-0.2, 0) is 17.8 Å². The van der Waals surface area contributed by atoms with Gasteiger partial charge in [0.25, 0.3) is 0 Å². The second kappa shape index (κ2) is 9.99. The Labute approximate surface area is 208 Å². The molecule has 0 aliphatic carbocycles. The van der Waals surface area contributed by atoms with Gasteiger partial charge in [-0.1, -0.05) is 54.6 Å². The van der Waals surface area contributed by atoms with E-state index < -0.39 is 0 Å². The Kier molecular flexibility index (Phi) is 6.63. The van der Waals surface area contributed by atoms with Gasteiger partial charge in [-0.15, -0.1) is 0 Å². The van der Waals surface area contributed by atoms with Gasteiger partial charge >= 0.3 is 0 Å². The fraction of sp³-hybridized carbons (Fsp3) is 0.323. The van der Waals surface area contributed by atoms with Crippen molar-refractivity contribution in [2.24, 2.45) is 0 Å². The van der Waals surface area contributed by atoms with Crippen molar-refractivity contribution in [2.45, 2.75) is 46.2 Å². The van der Waals surface area contributed by atoms with E-state index in [4.69, 9.17) is 0 Å². The quantitative estimate of drug-likeness (QED) is 0.351. The molecule has 180 valence electrons. The number of aryl methyl sites for hydroxylation is 3. The summed E-state index contributed by atoms with van der Waals surface area (Å²) in [7, 11) is 0. The molecule has 0 unspecified atom stereocenters. The van der Waals surface area contributed by atoms with Crippen LogP contribution in [0.5, 0.6) is 0 Å². The van der Waals surface area contributed by atoms with E-state index in [-0.39, 0.29) is 5.91 Å². The van der Waals surface area contributed by atoms with E-state index >= 15 is 0 Å². The average molecular weight is 466 g/mol. The first-order valence-electron chi connectivity index (χ1n) is 12.7. The van der Waals surface area contributed by atoms with Gasteiger partial charge in [-0.2, -0.15) is 0 Å². The van der Waals surface area contributed by atoms with Crippen molar-refractivity contribution >= 4 is 22.5 Å². The zero-order chi connectivity index (χ0) is 24.4. The van der Waals surface area contributed by atoms with Gasteiger partial charge in [-0.3, -0.25) is 4.79 Å². The molecule has 35 heavy (non-hydrogen) atoms. The summed E-state index contributed by atoms with van der Waals surface area (Å²) in [6.07, 6.45) is 3.57. The maximum atomic E-state index is 13.2. The Balaban J connectivity index is 1.26. The first kappa shape index (κ1) is 23.2. The highest BCUT2D eigenvalue weighted by atomic mass is 16.2. The molecule has 5 rings (SSSR count). The first-order chi connectivity index (χ1) is 17.0. The van der Waals surface area contributed by atoms with Gasteiger partial charge in [0.15, 0.2) is 0 Å². The number of piperazine rings is 1. The molecule has 1 aromatic heterocycles. The molecule has 1 atom stereocenters. The molecule has 0 N–H and O–H groups in total. The van der Waals surface area contributed by atoms with E-state index in [2.05, 4.69) is 114 Å². The van der Waals surface area contributed by atoms with Crippen LogP contribution in [0.2, 0.25) is 0 Å². The van der Waals surface area contributed by atoms with Crippen LogP contribution in [0.1, 0.15) is 35.6 Å². The maximum Gasteiger partial charge on any atom is 0.223 e. The Morgan fingerprint density at radius 2 is 1.71 bits per heavy atom. The number of hydrogen-bond donors (Lipinski definition) is 0. The van der Waals surface area contributed by atoms with Crippen LogP contribution in [0.4, 0.5) is 5.69 Å². The minimum absolute atomic E-state index is 0.261.